The molecule has 1 aromatic heterocycles. The molecule has 0 atom stereocenters. The SMILES string of the molecule is COc1ccccc1OC1CCN(C(=O)c2n[nH]c3ccccc23)CC1. The number of methoxy groups -OCH3 is 1. The second kappa shape index (κ2) is 7.07. The number of hydrogen-bond acceptors (Lipinski definition) is 4. The summed E-state index contributed by atoms with van der Waals surface area (Å²) in [5, 5.41) is 8.01. The maximum atomic E-state index is 12.8. The van der Waals surface area contributed by atoms with Crippen LogP contribution in [0.5, 0.6) is 11.5 Å². The molecule has 1 aliphatic rings. The van der Waals surface area contributed by atoms with Crippen molar-refractivity contribution in [1.29, 1.82) is 0 Å². The summed E-state index contributed by atoms with van der Waals surface area (Å²) < 4.78 is 11.4. The first-order valence-electron chi connectivity index (χ1n) is 8.78. The number of likely N-dealkylation sites (tertiary alicyclic amines) is 1. The third kappa shape index (κ3) is 3.10. The fourth-order valence-corrected chi connectivity index (χ4v) is 3.35. The molecule has 0 bridgehead atoms. The Hall–Kier alpha value is -3.02. The van der Waals surface area contributed by atoms with Gasteiger partial charge in [0.2, 0.25) is 0 Å². The molecular formula is C20H21N3O3. The first-order chi connectivity index (χ1) is 12.8. The molecule has 0 unspecified atom stereocenters. The van der Waals surface area contributed by atoms with Crippen molar-refractivity contribution in [3.05, 3.63) is 54.2 Å². The molecule has 2 heterocycles. The summed E-state index contributed by atoms with van der Waals surface area (Å²) in [6.07, 6.45) is 1.64. The number of benzene rings is 2. The molecule has 134 valence electrons. The number of amides is 1. The van der Waals surface area contributed by atoms with E-state index in [0.717, 1.165) is 35.2 Å². The van der Waals surface area contributed by atoms with Crippen molar-refractivity contribution in [3.63, 3.8) is 0 Å². The van der Waals surface area contributed by atoms with Gasteiger partial charge in [0.05, 0.1) is 12.6 Å². The second-order valence-electron chi connectivity index (χ2n) is 6.38. The third-order valence-electron chi connectivity index (χ3n) is 4.76. The van der Waals surface area contributed by atoms with Crippen LogP contribution in [-0.2, 0) is 0 Å². The van der Waals surface area contributed by atoms with Gasteiger partial charge in [-0.1, -0.05) is 30.3 Å². The van der Waals surface area contributed by atoms with E-state index in [0.29, 0.717) is 18.8 Å². The number of hydrogen-bond donors (Lipinski definition) is 1. The highest BCUT2D eigenvalue weighted by Gasteiger charge is 2.27. The van der Waals surface area contributed by atoms with Crippen molar-refractivity contribution in [2.24, 2.45) is 0 Å². The second-order valence-corrected chi connectivity index (χ2v) is 6.38. The molecule has 0 aliphatic carbocycles. The Morgan fingerprint density at radius 2 is 1.77 bits per heavy atom. The number of carbonyl (C=O) groups excluding carboxylic acids is 1. The van der Waals surface area contributed by atoms with Gasteiger partial charge in [0.25, 0.3) is 5.91 Å². The lowest BCUT2D eigenvalue weighted by molar-refractivity contribution is 0.0587. The topological polar surface area (TPSA) is 67.5 Å². The summed E-state index contributed by atoms with van der Waals surface area (Å²) in [5.41, 5.74) is 1.37. The number of carbonyl (C=O) groups is 1. The zero-order valence-electron chi connectivity index (χ0n) is 14.6. The molecule has 2 aromatic carbocycles. The number of para-hydroxylation sites is 3. The van der Waals surface area contributed by atoms with E-state index < -0.39 is 0 Å². The van der Waals surface area contributed by atoms with Crippen molar-refractivity contribution in [2.45, 2.75) is 18.9 Å². The van der Waals surface area contributed by atoms with Gasteiger partial charge in [0, 0.05) is 31.3 Å². The summed E-state index contributed by atoms with van der Waals surface area (Å²) in [5.74, 6) is 1.45. The van der Waals surface area contributed by atoms with Gasteiger partial charge >= 0.3 is 0 Å². The smallest absolute Gasteiger partial charge is 0.274 e. The number of nitrogens with zero attached hydrogens (tertiary/aromatic N) is 2. The molecule has 1 N–H and O–H groups in total. The summed E-state index contributed by atoms with van der Waals surface area (Å²) in [4.78, 5) is 14.7. The average molecular weight is 351 g/mol. The number of fused-ring (bicyclic) bond motifs is 1. The van der Waals surface area contributed by atoms with Crippen LogP contribution in [0.2, 0.25) is 0 Å². The molecule has 1 saturated heterocycles. The van der Waals surface area contributed by atoms with E-state index in [4.69, 9.17) is 9.47 Å². The third-order valence-corrected chi connectivity index (χ3v) is 4.76. The first-order valence-corrected chi connectivity index (χ1v) is 8.78. The lowest BCUT2D eigenvalue weighted by atomic mass is 10.1. The number of aromatic amines is 1. The van der Waals surface area contributed by atoms with Crippen LogP contribution in [0.1, 0.15) is 23.3 Å². The minimum atomic E-state index is -0.0295. The Morgan fingerprint density at radius 1 is 1.08 bits per heavy atom. The number of rotatable bonds is 4. The van der Waals surface area contributed by atoms with Gasteiger partial charge in [-0.05, 0) is 18.2 Å². The van der Waals surface area contributed by atoms with E-state index in [1.165, 1.54) is 0 Å². The molecule has 6 nitrogen and oxygen atoms in total. The number of H-pyrrole nitrogens is 1. The summed E-state index contributed by atoms with van der Waals surface area (Å²) >= 11 is 0. The van der Waals surface area contributed by atoms with Gasteiger partial charge in [-0.25, -0.2) is 0 Å². The number of nitrogens with one attached hydrogen (secondary N) is 1. The molecule has 1 amide bonds. The number of aromatic nitrogens is 2. The molecule has 1 fully saturated rings. The van der Waals surface area contributed by atoms with Crippen LogP contribution in [0.4, 0.5) is 0 Å². The minimum Gasteiger partial charge on any atom is -0.493 e. The number of ether oxygens (including phenoxy) is 2. The molecule has 6 heteroatoms. The number of piperidine rings is 1. The van der Waals surface area contributed by atoms with E-state index in [1.807, 2.05) is 53.4 Å². The minimum absolute atomic E-state index is 0.0295. The Balaban J connectivity index is 1.41. The monoisotopic (exact) mass is 351 g/mol. The zero-order valence-corrected chi connectivity index (χ0v) is 14.6. The maximum Gasteiger partial charge on any atom is 0.274 e. The largest absolute Gasteiger partial charge is 0.493 e. The first kappa shape index (κ1) is 16.4. The summed E-state index contributed by atoms with van der Waals surface area (Å²) in [7, 11) is 1.64. The van der Waals surface area contributed by atoms with Crippen molar-refractivity contribution in [3.8, 4) is 11.5 Å². The Labute approximate surface area is 151 Å². The van der Waals surface area contributed by atoms with E-state index in [-0.39, 0.29) is 12.0 Å². The van der Waals surface area contributed by atoms with Crippen molar-refractivity contribution in [2.75, 3.05) is 20.2 Å². The standard InChI is InChI=1S/C20H21N3O3/c1-25-17-8-4-5-9-18(17)26-14-10-12-23(13-11-14)20(24)19-15-6-2-3-7-16(15)21-22-19/h2-9,14H,10-13H2,1H3,(H,21,22). The maximum absolute atomic E-state index is 12.8. The van der Waals surface area contributed by atoms with Crippen LogP contribution in [-0.4, -0.2) is 47.3 Å². The van der Waals surface area contributed by atoms with Gasteiger partial charge in [-0.3, -0.25) is 9.89 Å². The van der Waals surface area contributed by atoms with Gasteiger partial charge in [0.15, 0.2) is 17.2 Å². The van der Waals surface area contributed by atoms with Gasteiger partial charge in [-0.15, -0.1) is 0 Å². The summed E-state index contributed by atoms with van der Waals surface area (Å²) in [6.45, 7) is 1.31. The fraction of sp³-hybridized carbons (Fsp3) is 0.300. The quantitative estimate of drug-likeness (QED) is 0.783. The predicted molar refractivity (Wildman–Crippen MR) is 98.6 cm³/mol. The highest BCUT2D eigenvalue weighted by molar-refractivity contribution is 6.04. The molecule has 0 saturated carbocycles. The van der Waals surface area contributed by atoms with E-state index >= 15 is 0 Å². The zero-order chi connectivity index (χ0) is 17.9. The summed E-state index contributed by atoms with van der Waals surface area (Å²) in [6, 6.07) is 15.3. The molecular weight excluding hydrogens is 330 g/mol. The van der Waals surface area contributed by atoms with E-state index in [9.17, 15) is 4.79 Å². The van der Waals surface area contributed by atoms with Crippen LogP contribution in [0.3, 0.4) is 0 Å². The van der Waals surface area contributed by atoms with Crippen LogP contribution in [0, 0.1) is 0 Å². The van der Waals surface area contributed by atoms with Crippen molar-refractivity contribution < 1.29 is 14.3 Å². The molecule has 26 heavy (non-hydrogen) atoms. The van der Waals surface area contributed by atoms with Gasteiger partial charge in [0.1, 0.15) is 6.10 Å². The lowest BCUT2D eigenvalue weighted by Crippen LogP contribution is -2.42. The predicted octanol–water partition coefficient (Wildman–Crippen LogP) is 3.26. The Bertz CT molecular complexity index is 913. The van der Waals surface area contributed by atoms with Crippen LogP contribution >= 0.6 is 0 Å². The molecule has 0 radical (unpaired) electrons. The lowest BCUT2D eigenvalue weighted by Gasteiger charge is -2.32. The van der Waals surface area contributed by atoms with Crippen LogP contribution in [0.15, 0.2) is 48.5 Å². The molecule has 0 spiro atoms. The molecule has 1 aliphatic heterocycles. The Morgan fingerprint density at radius 3 is 2.54 bits per heavy atom. The Kier molecular flexibility index (Phi) is 4.48. The van der Waals surface area contributed by atoms with Crippen LogP contribution in [0.25, 0.3) is 10.9 Å². The van der Waals surface area contributed by atoms with E-state index in [1.54, 1.807) is 7.11 Å². The van der Waals surface area contributed by atoms with Gasteiger partial charge in [-0.2, -0.15) is 5.10 Å². The normalized spacial score (nSPS) is 15.2. The highest BCUT2D eigenvalue weighted by atomic mass is 16.5. The van der Waals surface area contributed by atoms with Crippen molar-refractivity contribution in [1.82, 2.24) is 15.1 Å². The fourth-order valence-electron chi connectivity index (χ4n) is 3.35. The van der Waals surface area contributed by atoms with E-state index in [2.05, 4.69) is 10.2 Å². The highest BCUT2D eigenvalue weighted by Crippen LogP contribution is 2.29. The molecule has 3 aromatic rings. The van der Waals surface area contributed by atoms with Crippen LogP contribution < -0.4 is 9.47 Å². The average Bonchev–Trinajstić information content (AvgIpc) is 3.12. The van der Waals surface area contributed by atoms with Crippen molar-refractivity contribution >= 4 is 16.8 Å². The van der Waals surface area contributed by atoms with Gasteiger partial charge < -0.3 is 14.4 Å². The molecule has 4 rings (SSSR count).